The van der Waals surface area contributed by atoms with Gasteiger partial charge in [0.15, 0.2) is 0 Å². The summed E-state index contributed by atoms with van der Waals surface area (Å²) in [6.45, 7) is 0. The summed E-state index contributed by atoms with van der Waals surface area (Å²) in [5, 5.41) is 0. The average molecular weight is 500 g/mol. The molecule has 2 aromatic heterocycles. The van der Waals surface area contributed by atoms with E-state index < -0.39 is 0 Å². The lowest BCUT2D eigenvalue weighted by Gasteiger charge is -2.12. The predicted molar refractivity (Wildman–Crippen MR) is 161 cm³/mol. The SMILES string of the molecule is c1ccc(-c2cc(-c3ccccc3)nc(-c3ccc(-n4c(-c5ccccc5)nc5ccccc54)cc3)c2)cc1. The van der Waals surface area contributed by atoms with Crippen molar-refractivity contribution in [3.8, 4) is 50.7 Å². The van der Waals surface area contributed by atoms with Gasteiger partial charge in [0.25, 0.3) is 0 Å². The van der Waals surface area contributed by atoms with Crippen molar-refractivity contribution in [1.29, 1.82) is 0 Å². The van der Waals surface area contributed by atoms with Gasteiger partial charge < -0.3 is 0 Å². The number of hydrogen-bond acceptors (Lipinski definition) is 2. The van der Waals surface area contributed by atoms with Gasteiger partial charge in [-0.2, -0.15) is 0 Å². The Morgan fingerprint density at radius 2 is 0.897 bits per heavy atom. The molecule has 0 saturated heterocycles. The van der Waals surface area contributed by atoms with Crippen LogP contribution in [0.4, 0.5) is 0 Å². The fourth-order valence-electron chi connectivity index (χ4n) is 5.08. The lowest BCUT2D eigenvalue weighted by Crippen LogP contribution is -1.98. The van der Waals surface area contributed by atoms with Crippen LogP contribution in [0.25, 0.3) is 61.8 Å². The molecule has 39 heavy (non-hydrogen) atoms. The number of benzene rings is 5. The lowest BCUT2D eigenvalue weighted by atomic mass is 10.00. The molecule has 7 rings (SSSR count). The van der Waals surface area contributed by atoms with E-state index in [1.165, 1.54) is 5.56 Å². The number of pyridine rings is 1. The Kier molecular flexibility index (Phi) is 5.80. The van der Waals surface area contributed by atoms with Crippen LogP contribution in [0.5, 0.6) is 0 Å². The van der Waals surface area contributed by atoms with E-state index in [0.717, 1.165) is 56.2 Å². The van der Waals surface area contributed by atoms with Gasteiger partial charge in [0.05, 0.1) is 22.4 Å². The molecule has 0 aliphatic rings. The summed E-state index contributed by atoms with van der Waals surface area (Å²) in [6.07, 6.45) is 0. The standard InChI is InChI=1S/C36H25N3/c1-4-12-26(13-5-1)30-24-33(27-14-6-2-7-15-27)37-34(25-30)28-20-22-31(23-21-28)39-35-19-11-10-18-32(35)38-36(39)29-16-8-3-9-17-29/h1-25H. The molecule has 0 unspecified atom stereocenters. The molecule has 0 N–H and O–H groups in total. The largest absolute Gasteiger partial charge is 0.292 e. The Hall–Kier alpha value is -5.28. The number of hydrogen-bond donors (Lipinski definition) is 0. The van der Waals surface area contributed by atoms with Gasteiger partial charge in [-0.1, -0.05) is 115 Å². The number of nitrogens with zero attached hydrogens (tertiary/aromatic N) is 3. The van der Waals surface area contributed by atoms with E-state index >= 15 is 0 Å². The summed E-state index contributed by atoms with van der Waals surface area (Å²) in [4.78, 5) is 10.1. The molecule has 0 radical (unpaired) electrons. The van der Waals surface area contributed by atoms with Crippen LogP contribution in [0.2, 0.25) is 0 Å². The first-order valence-electron chi connectivity index (χ1n) is 13.1. The van der Waals surface area contributed by atoms with Gasteiger partial charge in [-0.05, 0) is 47.5 Å². The molecule has 0 fully saturated rings. The Balaban J connectivity index is 1.35. The van der Waals surface area contributed by atoms with Crippen molar-refractivity contribution in [2.24, 2.45) is 0 Å². The summed E-state index contributed by atoms with van der Waals surface area (Å²) >= 11 is 0. The predicted octanol–water partition coefficient (Wildman–Crippen LogP) is 9.09. The molecule has 0 aliphatic heterocycles. The maximum absolute atomic E-state index is 5.09. The molecule has 0 saturated carbocycles. The highest BCUT2D eigenvalue weighted by molar-refractivity contribution is 5.84. The van der Waals surface area contributed by atoms with Crippen LogP contribution in [0.3, 0.4) is 0 Å². The second kappa shape index (κ2) is 9.88. The third-order valence-electron chi connectivity index (χ3n) is 7.02. The molecule has 0 spiro atoms. The summed E-state index contributed by atoms with van der Waals surface area (Å²) in [5.41, 5.74) is 10.6. The van der Waals surface area contributed by atoms with E-state index in [9.17, 15) is 0 Å². The zero-order chi connectivity index (χ0) is 26.0. The van der Waals surface area contributed by atoms with Gasteiger partial charge in [0.1, 0.15) is 5.82 Å². The van der Waals surface area contributed by atoms with Crippen molar-refractivity contribution in [2.45, 2.75) is 0 Å². The smallest absolute Gasteiger partial charge is 0.145 e. The van der Waals surface area contributed by atoms with Gasteiger partial charge in [-0.3, -0.25) is 4.57 Å². The van der Waals surface area contributed by atoms with E-state index in [0.29, 0.717) is 0 Å². The second-order valence-electron chi connectivity index (χ2n) is 9.53. The van der Waals surface area contributed by atoms with Crippen LogP contribution in [0.15, 0.2) is 152 Å². The summed E-state index contributed by atoms with van der Waals surface area (Å²) in [7, 11) is 0. The Morgan fingerprint density at radius 3 is 1.54 bits per heavy atom. The molecular weight excluding hydrogens is 474 g/mol. The molecule has 3 nitrogen and oxygen atoms in total. The van der Waals surface area contributed by atoms with Gasteiger partial charge in [-0.15, -0.1) is 0 Å². The minimum Gasteiger partial charge on any atom is -0.292 e. The second-order valence-corrected chi connectivity index (χ2v) is 9.53. The van der Waals surface area contributed by atoms with Crippen LogP contribution in [-0.4, -0.2) is 14.5 Å². The molecule has 0 bridgehead atoms. The van der Waals surface area contributed by atoms with Crippen molar-refractivity contribution in [3.05, 3.63) is 152 Å². The van der Waals surface area contributed by atoms with Crippen LogP contribution in [0.1, 0.15) is 0 Å². The fraction of sp³-hybridized carbons (Fsp3) is 0. The summed E-state index contributed by atoms with van der Waals surface area (Å²) in [5.74, 6) is 0.931. The monoisotopic (exact) mass is 499 g/mol. The number of imidazole rings is 1. The van der Waals surface area contributed by atoms with E-state index in [-0.39, 0.29) is 0 Å². The Labute approximate surface area is 227 Å². The first-order chi connectivity index (χ1) is 19.3. The zero-order valence-electron chi connectivity index (χ0n) is 21.3. The highest BCUT2D eigenvalue weighted by Crippen LogP contribution is 2.32. The van der Waals surface area contributed by atoms with E-state index in [4.69, 9.17) is 9.97 Å². The number of para-hydroxylation sites is 2. The topological polar surface area (TPSA) is 30.7 Å². The van der Waals surface area contributed by atoms with Crippen molar-refractivity contribution < 1.29 is 0 Å². The zero-order valence-corrected chi connectivity index (χ0v) is 21.3. The van der Waals surface area contributed by atoms with Gasteiger partial charge in [-0.25, -0.2) is 9.97 Å². The van der Waals surface area contributed by atoms with Gasteiger partial charge >= 0.3 is 0 Å². The number of rotatable bonds is 5. The van der Waals surface area contributed by atoms with Gasteiger partial charge in [0.2, 0.25) is 0 Å². The summed E-state index contributed by atoms with van der Waals surface area (Å²) in [6, 6.07) is 52.5. The van der Waals surface area contributed by atoms with Crippen molar-refractivity contribution >= 4 is 11.0 Å². The highest BCUT2D eigenvalue weighted by Gasteiger charge is 2.15. The lowest BCUT2D eigenvalue weighted by molar-refractivity contribution is 1.10. The van der Waals surface area contributed by atoms with Crippen molar-refractivity contribution in [2.75, 3.05) is 0 Å². The van der Waals surface area contributed by atoms with Crippen LogP contribution in [-0.2, 0) is 0 Å². The third-order valence-corrected chi connectivity index (χ3v) is 7.02. The minimum atomic E-state index is 0.931. The van der Waals surface area contributed by atoms with Gasteiger partial charge in [0, 0.05) is 22.4 Å². The van der Waals surface area contributed by atoms with Crippen LogP contribution >= 0.6 is 0 Å². The molecule has 7 aromatic rings. The van der Waals surface area contributed by atoms with Crippen molar-refractivity contribution in [1.82, 2.24) is 14.5 Å². The fourth-order valence-corrected chi connectivity index (χ4v) is 5.08. The molecular formula is C36H25N3. The normalized spacial score (nSPS) is 11.1. The minimum absolute atomic E-state index is 0.931. The molecule has 184 valence electrons. The molecule has 3 heteroatoms. The molecule has 0 atom stereocenters. The van der Waals surface area contributed by atoms with Crippen molar-refractivity contribution in [3.63, 3.8) is 0 Å². The van der Waals surface area contributed by atoms with E-state index in [1.807, 2.05) is 24.3 Å². The molecule has 0 aliphatic carbocycles. The first kappa shape index (κ1) is 22.9. The first-order valence-corrected chi connectivity index (χ1v) is 13.1. The van der Waals surface area contributed by atoms with E-state index in [1.54, 1.807) is 0 Å². The van der Waals surface area contributed by atoms with Crippen LogP contribution in [0, 0.1) is 0 Å². The molecule has 5 aromatic carbocycles. The molecule has 0 amide bonds. The highest BCUT2D eigenvalue weighted by atomic mass is 15.1. The quantitative estimate of drug-likeness (QED) is 0.236. The Bertz CT molecular complexity index is 1810. The Morgan fingerprint density at radius 1 is 0.385 bits per heavy atom. The maximum atomic E-state index is 5.09. The molecule has 2 heterocycles. The maximum Gasteiger partial charge on any atom is 0.145 e. The number of fused-ring (bicyclic) bond motifs is 1. The van der Waals surface area contributed by atoms with E-state index in [2.05, 4.69) is 132 Å². The summed E-state index contributed by atoms with van der Waals surface area (Å²) < 4.78 is 2.23. The third kappa shape index (κ3) is 4.41. The average Bonchev–Trinajstić information content (AvgIpc) is 3.42. The van der Waals surface area contributed by atoms with Crippen LogP contribution < -0.4 is 0 Å². The number of aromatic nitrogens is 3.